The van der Waals surface area contributed by atoms with Gasteiger partial charge in [0.2, 0.25) is 0 Å². The molecular weight excluding hydrogens is 182 g/mol. The summed E-state index contributed by atoms with van der Waals surface area (Å²) in [7, 11) is 0. The van der Waals surface area contributed by atoms with Gasteiger partial charge in [-0.2, -0.15) is 0 Å². The van der Waals surface area contributed by atoms with E-state index in [1.165, 1.54) is 0 Å². The standard InChI is InChI=1S/C10H11NO3/c12-10(13)6-3-4-7-8(6)9(11-14-7)5-1-2-5/h5-6H,1-4H2,(H,12,13). The molecule has 4 heteroatoms. The van der Waals surface area contributed by atoms with E-state index >= 15 is 0 Å². The summed E-state index contributed by atoms with van der Waals surface area (Å²) in [4.78, 5) is 11.0. The highest BCUT2D eigenvalue weighted by atomic mass is 16.5. The van der Waals surface area contributed by atoms with E-state index in [0.29, 0.717) is 12.3 Å². The van der Waals surface area contributed by atoms with E-state index in [1.54, 1.807) is 0 Å². The Morgan fingerprint density at radius 1 is 1.43 bits per heavy atom. The molecule has 1 fully saturated rings. The molecule has 0 saturated heterocycles. The molecule has 14 heavy (non-hydrogen) atoms. The van der Waals surface area contributed by atoms with Crippen LogP contribution in [0.25, 0.3) is 0 Å². The van der Waals surface area contributed by atoms with Crippen molar-refractivity contribution in [1.82, 2.24) is 5.16 Å². The van der Waals surface area contributed by atoms with Crippen molar-refractivity contribution in [3.63, 3.8) is 0 Å². The van der Waals surface area contributed by atoms with Gasteiger partial charge >= 0.3 is 5.97 Å². The zero-order chi connectivity index (χ0) is 9.71. The van der Waals surface area contributed by atoms with Crippen molar-refractivity contribution in [3.05, 3.63) is 17.0 Å². The van der Waals surface area contributed by atoms with Crippen molar-refractivity contribution >= 4 is 5.97 Å². The van der Waals surface area contributed by atoms with Crippen LogP contribution >= 0.6 is 0 Å². The van der Waals surface area contributed by atoms with E-state index in [0.717, 1.165) is 36.3 Å². The molecule has 1 saturated carbocycles. The highest BCUT2D eigenvalue weighted by molar-refractivity contribution is 5.78. The lowest BCUT2D eigenvalue weighted by molar-refractivity contribution is -0.138. The zero-order valence-corrected chi connectivity index (χ0v) is 7.69. The first-order valence-corrected chi connectivity index (χ1v) is 4.98. The van der Waals surface area contributed by atoms with Crippen LogP contribution in [0.5, 0.6) is 0 Å². The molecule has 0 amide bonds. The second-order valence-corrected chi connectivity index (χ2v) is 4.11. The van der Waals surface area contributed by atoms with E-state index in [1.807, 2.05) is 0 Å². The molecule has 1 aromatic rings. The molecule has 3 rings (SSSR count). The van der Waals surface area contributed by atoms with Crippen LogP contribution in [0.1, 0.15) is 48.1 Å². The number of carboxylic acid groups (broad SMARTS) is 1. The monoisotopic (exact) mass is 193 g/mol. The summed E-state index contributed by atoms with van der Waals surface area (Å²) in [6.07, 6.45) is 3.66. The summed E-state index contributed by atoms with van der Waals surface area (Å²) >= 11 is 0. The molecule has 1 atom stereocenters. The van der Waals surface area contributed by atoms with Gasteiger partial charge in [-0.3, -0.25) is 4.79 Å². The average Bonchev–Trinajstić information content (AvgIpc) is 2.77. The van der Waals surface area contributed by atoms with Crippen LogP contribution in [-0.2, 0) is 11.2 Å². The van der Waals surface area contributed by atoms with Crippen molar-refractivity contribution in [3.8, 4) is 0 Å². The Kier molecular flexibility index (Phi) is 1.48. The van der Waals surface area contributed by atoms with Crippen molar-refractivity contribution in [2.45, 2.75) is 37.5 Å². The van der Waals surface area contributed by atoms with Gasteiger partial charge in [-0.25, -0.2) is 0 Å². The molecule has 1 N–H and O–H groups in total. The first kappa shape index (κ1) is 8.03. The lowest BCUT2D eigenvalue weighted by atomic mass is 10.00. The number of aromatic nitrogens is 1. The molecule has 0 spiro atoms. The molecule has 0 aliphatic heterocycles. The van der Waals surface area contributed by atoms with Gasteiger partial charge in [0.1, 0.15) is 5.76 Å². The van der Waals surface area contributed by atoms with E-state index in [2.05, 4.69) is 5.16 Å². The molecular formula is C10H11NO3. The predicted octanol–water partition coefficient (Wildman–Crippen LogP) is 1.67. The Hall–Kier alpha value is -1.32. The molecule has 4 nitrogen and oxygen atoms in total. The van der Waals surface area contributed by atoms with Crippen LogP contribution in [0, 0.1) is 0 Å². The minimum Gasteiger partial charge on any atom is -0.481 e. The Bertz CT molecular complexity index is 392. The molecule has 2 aliphatic carbocycles. The molecule has 0 aromatic carbocycles. The summed E-state index contributed by atoms with van der Waals surface area (Å²) in [5, 5.41) is 13.0. The van der Waals surface area contributed by atoms with Gasteiger partial charge in [-0.1, -0.05) is 5.16 Å². The van der Waals surface area contributed by atoms with E-state index < -0.39 is 5.97 Å². The number of rotatable bonds is 2. The predicted molar refractivity (Wildman–Crippen MR) is 47.2 cm³/mol. The van der Waals surface area contributed by atoms with Gasteiger partial charge in [0.05, 0.1) is 11.6 Å². The first-order valence-electron chi connectivity index (χ1n) is 4.98. The SMILES string of the molecule is O=C(O)C1CCc2onc(C3CC3)c21. The normalized spacial score (nSPS) is 25.0. The minimum absolute atomic E-state index is 0.369. The highest BCUT2D eigenvalue weighted by Crippen LogP contribution is 2.46. The number of carboxylic acids is 1. The maximum atomic E-state index is 11.0. The molecule has 0 radical (unpaired) electrons. The average molecular weight is 193 g/mol. The van der Waals surface area contributed by atoms with E-state index in [9.17, 15) is 4.79 Å². The fraction of sp³-hybridized carbons (Fsp3) is 0.600. The smallest absolute Gasteiger partial charge is 0.311 e. The summed E-state index contributed by atoms with van der Waals surface area (Å²) in [5.74, 6) is 0.169. The third-order valence-corrected chi connectivity index (χ3v) is 3.10. The molecule has 0 bridgehead atoms. The molecule has 1 unspecified atom stereocenters. The van der Waals surface area contributed by atoms with Crippen molar-refractivity contribution < 1.29 is 14.4 Å². The Morgan fingerprint density at radius 3 is 2.86 bits per heavy atom. The van der Waals surface area contributed by atoms with Crippen LogP contribution in [0.4, 0.5) is 0 Å². The zero-order valence-electron chi connectivity index (χ0n) is 7.69. The third-order valence-electron chi connectivity index (χ3n) is 3.10. The Balaban J connectivity index is 2.05. The number of aryl methyl sites for hydroxylation is 1. The fourth-order valence-corrected chi connectivity index (χ4v) is 2.22. The van der Waals surface area contributed by atoms with Gasteiger partial charge < -0.3 is 9.63 Å². The number of carbonyl (C=O) groups is 1. The molecule has 2 aliphatic rings. The van der Waals surface area contributed by atoms with Gasteiger partial charge in [-0.05, 0) is 19.3 Å². The topological polar surface area (TPSA) is 63.3 Å². The summed E-state index contributed by atoms with van der Waals surface area (Å²) < 4.78 is 5.18. The van der Waals surface area contributed by atoms with E-state index in [4.69, 9.17) is 9.63 Å². The number of hydrogen-bond acceptors (Lipinski definition) is 3. The minimum atomic E-state index is -0.742. The summed E-state index contributed by atoms with van der Waals surface area (Å²) in [5.41, 5.74) is 1.81. The number of fused-ring (bicyclic) bond motifs is 1. The Labute approximate surface area is 80.9 Å². The van der Waals surface area contributed by atoms with Crippen LogP contribution in [-0.4, -0.2) is 16.2 Å². The first-order chi connectivity index (χ1) is 6.77. The van der Waals surface area contributed by atoms with Crippen molar-refractivity contribution in [2.75, 3.05) is 0 Å². The second-order valence-electron chi connectivity index (χ2n) is 4.11. The van der Waals surface area contributed by atoms with Crippen LogP contribution in [0.3, 0.4) is 0 Å². The number of hydrogen-bond donors (Lipinski definition) is 1. The quantitative estimate of drug-likeness (QED) is 0.775. The van der Waals surface area contributed by atoms with Crippen LogP contribution in [0.2, 0.25) is 0 Å². The van der Waals surface area contributed by atoms with Gasteiger partial charge in [0, 0.05) is 17.9 Å². The highest BCUT2D eigenvalue weighted by Gasteiger charge is 2.40. The molecule has 74 valence electrons. The maximum Gasteiger partial charge on any atom is 0.311 e. The largest absolute Gasteiger partial charge is 0.481 e. The lowest BCUT2D eigenvalue weighted by Gasteiger charge is -2.03. The fourth-order valence-electron chi connectivity index (χ4n) is 2.22. The van der Waals surface area contributed by atoms with Gasteiger partial charge in [0.25, 0.3) is 0 Å². The lowest BCUT2D eigenvalue weighted by Crippen LogP contribution is -2.09. The van der Waals surface area contributed by atoms with Crippen molar-refractivity contribution in [2.24, 2.45) is 0 Å². The summed E-state index contributed by atoms with van der Waals surface area (Å²) in [6, 6.07) is 0. The van der Waals surface area contributed by atoms with E-state index in [-0.39, 0.29) is 5.92 Å². The molecule has 1 aromatic heterocycles. The van der Waals surface area contributed by atoms with Crippen molar-refractivity contribution in [1.29, 1.82) is 0 Å². The maximum absolute atomic E-state index is 11.0. The van der Waals surface area contributed by atoms with Gasteiger partial charge in [0.15, 0.2) is 0 Å². The number of aliphatic carboxylic acids is 1. The second kappa shape index (κ2) is 2.59. The number of nitrogens with zero attached hydrogens (tertiary/aromatic N) is 1. The van der Waals surface area contributed by atoms with Crippen LogP contribution < -0.4 is 0 Å². The van der Waals surface area contributed by atoms with Crippen LogP contribution in [0.15, 0.2) is 4.52 Å². The summed E-state index contributed by atoms with van der Waals surface area (Å²) in [6.45, 7) is 0. The third kappa shape index (κ3) is 0.997. The Morgan fingerprint density at radius 2 is 2.21 bits per heavy atom. The molecule has 1 heterocycles. The van der Waals surface area contributed by atoms with Gasteiger partial charge in [-0.15, -0.1) is 0 Å².